The Kier molecular flexibility index (Phi) is 4.46. The van der Waals surface area contributed by atoms with Crippen molar-refractivity contribution in [3.8, 4) is 5.69 Å². The van der Waals surface area contributed by atoms with Crippen LogP contribution in [0.3, 0.4) is 0 Å². The third-order valence-corrected chi connectivity index (χ3v) is 3.63. The van der Waals surface area contributed by atoms with Gasteiger partial charge in [-0.2, -0.15) is 20.1 Å². The number of rotatable bonds is 6. The van der Waals surface area contributed by atoms with Crippen LogP contribution in [0, 0.1) is 0 Å². The molecule has 0 aliphatic heterocycles. The topological polar surface area (TPSA) is 79.7 Å². The number of hydrogen-bond acceptors (Lipinski definition) is 4. The van der Waals surface area contributed by atoms with Crippen LogP contribution in [-0.2, 0) is 6.42 Å². The molecule has 2 heterocycles. The molecule has 0 saturated carbocycles. The molecule has 0 unspecified atom stereocenters. The number of carbonyl (C=O) groups excluding carboxylic acids is 1. The summed E-state index contributed by atoms with van der Waals surface area (Å²) in [6, 6.07) is 9.28. The monoisotopic (exact) mass is 310 g/mol. The summed E-state index contributed by atoms with van der Waals surface area (Å²) >= 11 is 0. The number of H-pyrrole nitrogens is 1. The second kappa shape index (κ2) is 6.87. The smallest absolute Gasteiger partial charge is 0.256 e. The number of para-hydroxylation sites is 1. The molecule has 1 N–H and O–H groups in total. The third kappa shape index (κ3) is 3.28. The number of hydrogen-bond donors (Lipinski definition) is 1. The first-order valence-electron chi connectivity index (χ1n) is 7.53. The number of nitrogens with one attached hydrogen (secondary N) is 1. The molecule has 0 saturated heterocycles. The maximum Gasteiger partial charge on any atom is 0.256 e. The highest BCUT2D eigenvalue weighted by Crippen LogP contribution is 2.15. The zero-order valence-electron chi connectivity index (χ0n) is 12.9. The van der Waals surface area contributed by atoms with E-state index in [1.807, 2.05) is 31.2 Å². The fraction of sp³-hybridized carbons (Fsp3) is 0.250. The average Bonchev–Trinajstić information content (AvgIpc) is 3.29. The van der Waals surface area contributed by atoms with Gasteiger partial charge in [0, 0.05) is 25.7 Å². The van der Waals surface area contributed by atoms with Crippen LogP contribution in [0.2, 0.25) is 0 Å². The second-order valence-electron chi connectivity index (χ2n) is 5.04. The molecule has 0 radical (unpaired) electrons. The van der Waals surface area contributed by atoms with Crippen molar-refractivity contribution in [1.29, 1.82) is 0 Å². The Labute approximate surface area is 133 Å². The van der Waals surface area contributed by atoms with Crippen LogP contribution in [0.5, 0.6) is 0 Å². The maximum absolute atomic E-state index is 12.9. The van der Waals surface area contributed by atoms with E-state index in [-0.39, 0.29) is 5.91 Å². The maximum atomic E-state index is 12.9. The summed E-state index contributed by atoms with van der Waals surface area (Å²) in [5.74, 6) is -0.0315. The predicted molar refractivity (Wildman–Crippen MR) is 85.2 cm³/mol. The quantitative estimate of drug-likeness (QED) is 0.751. The van der Waals surface area contributed by atoms with Crippen molar-refractivity contribution in [2.45, 2.75) is 13.3 Å². The summed E-state index contributed by atoms with van der Waals surface area (Å²) in [6.07, 6.45) is 5.68. The molecular weight excluding hydrogens is 292 g/mol. The number of amides is 1. The van der Waals surface area contributed by atoms with Crippen LogP contribution in [0.25, 0.3) is 5.69 Å². The van der Waals surface area contributed by atoms with Crippen LogP contribution in [0.4, 0.5) is 0 Å². The van der Waals surface area contributed by atoms with E-state index in [0.29, 0.717) is 30.8 Å². The third-order valence-electron chi connectivity index (χ3n) is 3.63. The van der Waals surface area contributed by atoms with Gasteiger partial charge >= 0.3 is 0 Å². The van der Waals surface area contributed by atoms with Crippen molar-refractivity contribution in [3.63, 3.8) is 0 Å². The highest BCUT2D eigenvalue weighted by Gasteiger charge is 2.19. The molecule has 3 aromatic rings. The molecule has 23 heavy (non-hydrogen) atoms. The Hall–Kier alpha value is -2.96. The standard InChI is InChI=1S/C16H18N6O/c1-2-21(12-8-13-7-9-17-20-13)16(23)14-5-3-4-6-15(14)22-18-10-11-19-22/h3-7,9-11H,2,8,12H2,1H3,(H,17,20). The highest BCUT2D eigenvalue weighted by atomic mass is 16.2. The van der Waals surface area contributed by atoms with Crippen LogP contribution in [0.1, 0.15) is 23.0 Å². The first kappa shape index (κ1) is 15.0. The minimum atomic E-state index is -0.0315. The zero-order chi connectivity index (χ0) is 16.1. The van der Waals surface area contributed by atoms with Crippen molar-refractivity contribution < 1.29 is 4.79 Å². The Morgan fingerprint density at radius 3 is 2.70 bits per heavy atom. The van der Waals surface area contributed by atoms with Gasteiger partial charge in [-0.15, -0.1) is 0 Å². The molecule has 1 aromatic carbocycles. The molecule has 7 heteroatoms. The lowest BCUT2D eigenvalue weighted by Crippen LogP contribution is -2.33. The molecule has 0 fully saturated rings. The van der Waals surface area contributed by atoms with Gasteiger partial charge in [0.05, 0.1) is 29.3 Å². The number of carbonyl (C=O) groups is 1. The molecule has 1 amide bonds. The predicted octanol–water partition coefficient (Wildman–Crippen LogP) is 1.70. The fourth-order valence-corrected chi connectivity index (χ4v) is 2.42. The molecule has 0 spiro atoms. The zero-order valence-corrected chi connectivity index (χ0v) is 12.9. The Morgan fingerprint density at radius 1 is 1.22 bits per heavy atom. The Bertz CT molecular complexity index is 751. The minimum Gasteiger partial charge on any atom is -0.338 e. The van der Waals surface area contributed by atoms with Gasteiger partial charge in [0.25, 0.3) is 5.91 Å². The average molecular weight is 310 g/mol. The second-order valence-corrected chi connectivity index (χ2v) is 5.04. The Balaban J connectivity index is 1.81. The van der Waals surface area contributed by atoms with Crippen molar-refractivity contribution in [1.82, 2.24) is 30.1 Å². The summed E-state index contributed by atoms with van der Waals surface area (Å²) in [6.45, 7) is 3.21. The summed E-state index contributed by atoms with van der Waals surface area (Å²) in [4.78, 5) is 16.1. The van der Waals surface area contributed by atoms with Gasteiger partial charge in [0.1, 0.15) is 0 Å². The van der Waals surface area contributed by atoms with Crippen molar-refractivity contribution >= 4 is 5.91 Å². The van der Waals surface area contributed by atoms with Gasteiger partial charge in [-0.25, -0.2) is 0 Å². The highest BCUT2D eigenvalue weighted by molar-refractivity contribution is 5.97. The van der Waals surface area contributed by atoms with Gasteiger partial charge in [-0.05, 0) is 25.1 Å². The number of aromatic nitrogens is 5. The molecule has 118 valence electrons. The molecule has 0 aliphatic carbocycles. The molecule has 2 aromatic heterocycles. The molecule has 0 aliphatic rings. The lowest BCUT2D eigenvalue weighted by Gasteiger charge is -2.21. The molecular formula is C16H18N6O. The van der Waals surface area contributed by atoms with Crippen LogP contribution >= 0.6 is 0 Å². The van der Waals surface area contributed by atoms with E-state index in [0.717, 1.165) is 5.69 Å². The Morgan fingerprint density at radius 2 is 2.00 bits per heavy atom. The van der Waals surface area contributed by atoms with Gasteiger partial charge in [-0.3, -0.25) is 9.89 Å². The fourth-order valence-electron chi connectivity index (χ4n) is 2.42. The lowest BCUT2D eigenvalue weighted by molar-refractivity contribution is 0.0765. The first-order chi connectivity index (χ1) is 11.3. The summed E-state index contributed by atoms with van der Waals surface area (Å²) < 4.78 is 0. The van der Waals surface area contributed by atoms with Crippen molar-refractivity contribution in [2.24, 2.45) is 0 Å². The van der Waals surface area contributed by atoms with E-state index in [1.54, 1.807) is 29.6 Å². The van der Waals surface area contributed by atoms with E-state index in [1.165, 1.54) is 4.80 Å². The van der Waals surface area contributed by atoms with E-state index >= 15 is 0 Å². The number of likely N-dealkylation sites (N-methyl/N-ethyl adjacent to an activating group) is 1. The van der Waals surface area contributed by atoms with Crippen molar-refractivity contribution in [2.75, 3.05) is 13.1 Å². The van der Waals surface area contributed by atoms with E-state index in [4.69, 9.17) is 0 Å². The van der Waals surface area contributed by atoms with Gasteiger partial charge < -0.3 is 4.90 Å². The number of aromatic amines is 1. The minimum absolute atomic E-state index is 0.0315. The lowest BCUT2D eigenvalue weighted by atomic mass is 10.1. The van der Waals surface area contributed by atoms with E-state index in [2.05, 4.69) is 20.4 Å². The molecule has 0 atom stereocenters. The van der Waals surface area contributed by atoms with E-state index in [9.17, 15) is 4.79 Å². The normalized spacial score (nSPS) is 10.7. The SMILES string of the molecule is CCN(CCc1cc[nH]n1)C(=O)c1ccccc1-n1nccn1. The van der Waals surface area contributed by atoms with Gasteiger partial charge in [0.15, 0.2) is 0 Å². The van der Waals surface area contributed by atoms with Gasteiger partial charge in [-0.1, -0.05) is 12.1 Å². The van der Waals surface area contributed by atoms with Crippen LogP contribution < -0.4 is 0 Å². The number of nitrogens with zero attached hydrogens (tertiary/aromatic N) is 5. The first-order valence-corrected chi connectivity index (χ1v) is 7.53. The molecule has 0 bridgehead atoms. The molecule has 7 nitrogen and oxygen atoms in total. The summed E-state index contributed by atoms with van der Waals surface area (Å²) in [5.41, 5.74) is 2.21. The van der Waals surface area contributed by atoms with E-state index < -0.39 is 0 Å². The number of benzene rings is 1. The summed E-state index contributed by atoms with van der Waals surface area (Å²) in [7, 11) is 0. The summed E-state index contributed by atoms with van der Waals surface area (Å²) in [5, 5.41) is 15.2. The van der Waals surface area contributed by atoms with Crippen LogP contribution in [0.15, 0.2) is 48.9 Å². The molecule has 3 rings (SSSR count). The largest absolute Gasteiger partial charge is 0.338 e. The van der Waals surface area contributed by atoms with Crippen molar-refractivity contribution in [3.05, 3.63) is 60.2 Å². The van der Waals surface area contributed by atoms with Crippen LogP contribution in [-0.4, -0.2) is 49.1 Å². The van der Waals surface area contributed by atoms with Gasteiger partial charge in [0.2, 0.25) is 0 Å².